The van der Waals surface area contributed by atoms with Gasteiger partial charge in [-0.25, -0.2) is 0 Å². The van der Waals surface area contributed by atoms with E-state index in [9.17, 15) is 0 Å². The summed E-state index contributed by atoms with van der Waals surface area (Å²) in [6.07, 6.45) is 8.45. The second-order valence-corrected chi connectivity index (χ2v) is 15.8. The van der Waals surface area contributed by atoms with E-state index in [-0.39, 0.29) is 30.5 Å². The van der Waals surface area contributed by atoms with Crippen LogP contribution in [0.25, 0.3) is 51.5 Å². The Kier molecular flexibility index (Phi) is 6.82. The maximum Gasteiger partial charge on any atom is 0.128 e. The summed E-state index contributed by atoms with van der Waals surface area (Å²) in [5.74, 6) is 1.25. The Morgan fingerprint density at radius 2 is 1.22 bits per heavy atom. The smallest absolute Gasteiger partial charge is 0.128 e. The lowest BCUT2D eigenvalue weighted by atomic mass is 9.91. The SMILES string of the molecule is C1=CC2Oc3cc(C4NC(c5ccccc5)NC(c5cccc6c5sc5cc(-c7cccc8c7sc7ccccc78)ccc56)N4)ccc3C2C=C1. The fourth-order valence-corrected chi connectivity index (χ4v) is 10.8. The van der Waals surface area contributed by atoms with Gasteiger partial charge in [0.15, 0.2) is 0 Å². The summed E-state index contributed by atoms with van der Waals surface area (Å²) < 4.78 is 11.7. The van der Waals surface area contributed by atoms with Crippen LogP contribution in [0.5, 0.6) is 5.75 Å². The van der Waals surface area contributed by atoms with Gasteiger partial charge in [-0.3, -0.25) is 16.0 Å². The van der Waals surface area contributed by atoms with Crippen LogP contribution in [0.3, 0.4) is 0 Å². The van der Waals surface area contributed by atoms with E-state index in [0.29, 0.717) is 0 Å². The summed E-state index contributed by atoms with van der Waals surface area (Å²) in [6.45, 7) is 0. The van der Waals surface area contributed by atoms with Crippen molar-refractivity contribution in [2.75, 3.05) is 0 Å². The average molecular weight is 696 g/mol. The Hall–Kier alpha value is -5.08. The van der Waals surface area contributed by atoms with Gasteiger partial charge < -0.3 is 4.74 Å². The molecule has 5 unspecified atom stereocenters. The Labute approximate surface area is 303 Å². The standard InChI is InChI=1S/C45H33N3OS2/c1-2-10-26(11-3-1)43-46-44(28-21-22-31-30-12-4-6-18-37(30)49-38(31)24-28)48-45(47-43)36-17-9-16-35-33-23-20-27(25-40(33)51-42(35)36)29-14-8-15-34-32-13-5-7-19-39(32)50-41(29)34/h1-25,30,37,43-48H. The van der Waals surface area contributed by atoms with E-state index < -0.39 is 0 Å². The second-order valence-electron chi connectivity index (χ2n) is 13.7. The van der Waals surface area contributed by atoms with E-state index in [1.807, 2.05) is 22.7 Å². The van der Waals surface area contributed by atoms with Crippen LogP contribution in [0, 0.1) is 0 Å². The first-order valence-corrected chi connectivity index (χ1v) is 19.2. The van der Waals surface area contributed by atoms with Crippen LogP contribution in [0.15, 0.2) is 152 Å². The molecule has 3 aliphatic rings. The third-order valence-electron chi connectivity index (χ3n) is 10.8. The Bertz CT molecular complexity index is 2710. The summed E-state index contributed by atoms with van der Waals surface area (Å²) >= 11 is 3.78. The molecule has 8 aromatic rings. The Morgan fingerprint density at radius 1 is 0.490 bits per heavy atom. The van der Waals surface area contributed by atoms with Crippen LogP contribution in [0.4, 0.5) is 0 Å². The summed E-state index contributed by atoms with van der Waals surface area (Å²) in [5.41, 5.74) is 7.45. The summed E-state index contributed by atoms with van der Waals surface area (Å²) in [4.78, 5) is 0. The van der Waals surface area contributed by atoms with Gasteiger partial charge in [0.25, 0.3) is 0 Å². The predicted octanol–water partition coefficient (Wildman–Crippen LogP) is 11.2. The molecule has 0 bridgehead atoms. The molecule has 3 N–H and O–H groups in total. The van der Waals surface area contributed by atoms with Gasteiger partial charge in [-0.2, -0.15) is 0 Å². The van der Waals surface area contributed by atoms with Gasteiger partial charge in [-0.1, -0.05) is 127 Å². The first-order chi connectivity index (χ1) is 25.2. The first kappa shape index (κ1) is 29.6. The van der Waals surface area contributed by atoms with E-state index in [1.165, 1.54) is 68.2 Å². The lowest BCUT2D eigenvalue weighted by molar-refractivity contribution is 0.203. The van der Waals surface area contributed by atoms with Gasteiger partial charge in [0.1, 0.15) is 11.9 Å². The summed E-state index contributed by atoms with van der Waals surface area (Å²) in [6, 6.07) is 46.7. The van der Waals surface area contributed by atoms with Crippen molar-refractivity contribution in [3.05, 3.63) is 174 Å². The first-order valence-electron chi connectivity index (χ1n) is 17.6. The lowest BCUT2D eigenvalue weighted by Crippen LogP contribution is -2.54. The van der Waals surface area contributed by atoms with E-state index in [0.717, 1.165) is 11.3 Å². The molecular weight excluding hydrogens is 663 g/mol. The van der Waals surface area contributed by atoms with Crippen molar-refractivity contribution in [3.8, 4) is 16.9 Å². The van der Waals surface area contributed by atoms with Gasteiger partial charge in [-0.05, 0) is 46.5 Å². The average Bonchev–Trinajstić information content (AvgIpc) is 3.88. The number of rotatable bonds is 4. The molecule has 6 aromatic carbocycles. The molecule has 6 heteroatoms. The van der Waals surface area contributed by atoms with Gasteiger partial charge in [-0.15, -0.1) is 22.7 Å². The van der Waals surface area contributed by atoms with Crippen LogP contribution < -0.4 is 20.7 Å². The molecule has 246 valence electrons. The fraction of sp³-hybridized carbons (Fsp3) is 0.111. The van der Waals surface area contributed by atoms with Crippen LogP contribution in [0.1, 0.15) is 46.7 Å². The number of hydrogen-bond acceptors (Lipinski definition) is 6. The number of allylic oxidation sites excluding steroid dienone is 2. The van der Waals surface area contributed by atoms with E-state index >= 15 is 0 Å². The second kappa shape index (κ2) is 11.7. The number of thiophene rings is 2. The molecule has 51 heavy (non-hydrogen) atoms. The third-order valence-corrected chi connectivity index (χ3v) is 13.2. The number of hydrogen-bond donors (Lipinski definition) is 3. The van der Waals surface area contributed by atoms with E-state index in [2.05, 4.69) is 168 Å². The van der Waals surface area contributed by atoms with Crippen molar-refractivity contribution in [1.82, 2.24) is 16.0 Å². The molecule has 1 aliphatic carbocycles. The number of fused-ring (bicyclic) bond motifs is 9. The van der Waals surface area contributed by atoms with Crippen molar-refractivity contribution >= 4 is 63.0 Å². The summed E-state index contributed by atoms with van der Waals surface area (Å²) in [7, 11) is 0. The highest BCUT2D eigenvalue weighted by atomic mass is 32.1. The molecule has 1 fully saturated rings. The predicted molar refractivity (Wildman–Crippen MR) is 214 cm³/mol. The molecule has 11 rings (SSSR count). The molecule has 4 heterocycles. The van der Waals surface area contributed by atoms with Crippen LogP contribution in [-0.4, -0.2) is 6.10 Å². The normalized spacial score (nSPS) is 22.5. The lowest BCUT2D eigenvalue weighted by Gasteiger charge is -2.39. The topological polar surface area (TPSA) is 45.3 Å². The molecule has 2 aromatic heterocycles. The maximum absolute atomic E-state index is 6.43. The Morgan fingerprint density at radius 3 is 2.14 bits per heavy atom. The zero-order valence-corrected chi connectivity index (χ0v) is 29.2. The molecule has 5 atom stereocenters. The van der Waals surface area contributed by atoms with Crippen molar-refractivity contribution < 1.29 is 4.74 Å². The minimum Gasteiger partial charge on any atom is -0.485 e. The third kappa shape index (κ3) is 4.83. The molecular formula is C45H33N3OS2. The zero-order chi connectivity index (χ0) is 33.5. The van der Waals surface area contributed by atoms with Gasteiger partial charge >= 0.3 is 0 Å². The monoisotopic (exact) mass is 695 g/mol. The number of ether oxygens (including phenoxy) is 1. The number of nitrogens with one attached hydrogen (secondary N) is 3. The molecule has 0 saturated carbocycles. The molecule has 2 aliphatic heterocycles. The highest BCUT2D eigenvalue weighted by Crippen LogP contribution is 2.45. The molecule has 1 saturated heterocycles. The fourth-order valence-electron chi connectivity index (χ4n) is 8.28. The highest BCUT2D eigenvalue weighted by Gasteiger charge is 2.35. The quantitative estimate of drug-likeness (QED) is 0.172. The minimum absolute atomic E-state index is 0.0527. The van der Waals surface area contributed by atoms with E-state index in [1.54, 1.807) is 0 Å². The van der Waals surface area contributed by atoms with E-state index in [4.69, 9.17) is 4.74 Å². The van der Waals surface area contributed by atoms with Gasteiger partial charge in [0.05, 0.1) is 18.5 Å². The molecule has 0 spiro atoms. The highest BCUT2D eigenvalue weighted by molar-refractivity contribution is 7.26. The maximum atomic E-state index is 6.43. The Balaban J connectivity index is 0.991. The van der Waals surface area contributed by atoms with Crippen LogP contribution in [0.2, 0.25) is 0 Å². The van der Waals surface area contributed by atoms with Crippen molar-refractivity contribution in [2.45, 2.75) is 30.5 Å². The number of benzene rings is 6. The minimum atomic E-state index is -0.0953. The summed E-state index contributed by atoms with van der Waals surface area (Å²) in [5, 5.41) is 17.0. The van der Waals surface area contributed by atoms with Gasteiger partial charge in [0, 0.05) is 57.4 Å². The largest absolute Gasteiger partial charge is 0.485 e. The van der Waals surface area contributed by atoms with Crippen molar-refractivity contribution in [2.24, 2.45) is 0 Å². The van der Waals surface area contributed by atoms with Crippen LogP contribution in [-0.2, 0) is 0 Å². The van der Waals surface area contributed by atoms with Crippen LogP contribution >= 0.6 is 22.7 Å². The van der Waals surface area contributed by atoms with Crippen molar-refractivity contribution in [1.29, 1.82) is 0 Å². The molecule has 4 nitrogen and oxygen atoms in total. The van der Waals surface area contributed by atoms with Gasteiger partial charge in [0.2, 0.25) is 0 Å². The zero-order valence-electron chi connectivity index (χ0n) is 27.5. The van der Waals surface area contributed by atoms with Crippen molar-refractivity contribution in [3.63, 3.8) is 0 Å². The molecule has 0 radical (unpaired) electrons. The molecule has 0 amide bonds.